The number of fused-ring (bicyclic) bond motifs is 4. The van der Waals surface area contributed by atoms with Crippen molar-refractivity contribution in [1.29, 1.82) is 0 Å². The molecule has 1 aliphatic heterocycles. The van der Waals surface area contributed by atoms with Crippen LogP contribution in [-0.4, -0.2) is 62.4 Å². The molecule has 0 saturated heterocycles. The van der Waals surface area contributed by atoms with Crippen LogP contribution >= 0.6 is 0 Å². The fraction of sp³-hybridized carbons (Fsp3) is 0.295. The minimum absolute atomic E-state index is 0.0360. The maximum Gasteiger partial charge on any atom is 0.339 e. The van der Waals surface area contributed by atoms with E-state index in [2.05, 4.69) is 173 Å². The lowest BCUT2D eigenvalue weighted by Gasteiger charge is -2.45. The summed E-state index contributed by atoms with van der Waals surface area (Å²) in [5.41, 5.74) is 15.5. The molecule has 5 aromatic rings. The Morgan fingerprint density at radius 2 is 0.860 bits per heavy atom. The van der Waals surface area contributed by atoms with Crippen molar-refractivity contribution in [3.05, 3.63) is 153 Å². The van der Waals surface area contributed by atoms with Crippen LogP contribution in [0.15, 0.2) is 97.1 Å². The van der Waals surface area contributed by atoms with E-state index < -0.39 is 11.0 Å². The molecule has 250 valence electrons. The molecule has 1 spiro atoms. The number of rotatable bonds is 8. The molecule has 10 rings (SSSR count). The Labute approximate surface area is 294 Å². The van der Waals surface area contributed by atoms with Crippen molar-refractivity contribution >= 4 is 28.7 Å². The zero-order valence-electron chi connectivity index (χ0n) is 30.0. The number of anilines is 4. The van der Waals surface area contributed by atoms with Crippen LogP contribution in [0.5, 0.6) is 0 Å². The SMILES string of the molecule is CN(C)c1ccc(C2(c3ccc(N(C)C)cc3)c3c4c(c5c6c3C3C6(OC5=O)C3(c3ccc(N(C)C)cc3)c3ccc(N(C)C)cc3)C42)cc1. The van der Waals surface area contributed by atoms with Gasteiger partial charge in [-0.3, -0.25) is 0 Å². The molecule has 0 N–H and O–H groups in total. The van der Waals surface area contributed by atoms with E-state index in [0.29, 0.717) is 0 Å². The molecule has 1 fully saturated rings. The lowest BCUT2D eigenvalue weighted by molar-refractivity contribution is 0.0210. The van der Waals surface area contributed by atoms with Gasteiger partial charge in [0.05, 0.1) is 16.4 Å². The van der Waals surface area contributed by atoms with Crippen molar-refractivity contribution in [2.24, 2.45) is 0 Å². The summed E-state index contributed by atoms with van der Waals surface area (Å²) < 4.78 is 6.73. The van der Waals surface area contributed by atoms with E-state index in [1.165, 1.54) is 55.9 Å². The standard InChI is InChI=1S/C44H42N4O2/c1-45(2)29-17-9-25(10-18-29)42(26-11-19-30(20-12-26)46(3)4)37-33-34(37)38(42)36-39-35(33)41(49)50-44(39)40(36)43(44,27-13-21-31(22-14-27)47(5)6)28-15-23-32(24-16-28)48(7)8/h9-24,37,40H,1-8H3. The van der Waals surface area contributed by atoms with Crippen molar-refractivity contribution in [2.45, 2.75) is 28.3 Å². The average Bonchev–Trinajstić information content (AvgIpc) is 3.90. The molecule has 5 aromatic carbocycles. The van der Waals surface area contributed by atoms with Crippen LogP contribution in [0.25, 0.3) is 0 Å². The van der Waals surface area contributed by atoms with Crippen LogP contribution in [-0.2, 0) is 21.2 Å². The maximum atomic E-state index is 14.3. The van der Waals surface area contributed by atoms with E-state index in [1.807, 2.05) is 0 Å². The second kappa shape index (κ2) is 9.30. The van der Waals surface area contributed by atoms with Gasteiger partial charge in [0.2, 0.25) is 0 Å². The molecule has 6 heteroatoms. The summed E-state index contributed by atoms with van der Waals surface area (Å²) in [5.74, 6) is 0.0742. The summed E-state index contributed by atoms with van der Waals surface area (Å²) in [7, 11) is 16.6. The van der Waals surface area contributed by atoms with Gasteiger partial charge in [0.25, 0.3) is 0 Å². The van der Waals surface area contributed by atoms with E-state index in [9.17, 15) is 4.79 Å². The fourth-order valence-electron chi connectivity index (χ4n) is 10.5. The smallest absolute Gasteiger partial charge is 0.339 e. The third kappa shape index (κ3) is 3.12. The normalized spacial score (nSPS) is 22.6. The molecule has 1 heterocycles. The Morgan fingerprint density at radius 1 is 0.480 bits per heavy atom. The number of hydrogen-bond donors (Lipinski definition) is 0. The Morgan fingerprint density at radius 3 is 1.24 bits per heavy atom. The van der Waals surface area contributed by atoms with Gasteiger partial charge in [0.15, 0.2) is 5.60 Å². The molecular formula is C44H42N4O2. The van der Waals surface area contributed by atoms with Gasteiger partial charge in [-0.15, -0.1) is 0 Å². The summed E-state index contributed by atoms with van der Waals surface area (Å²) in [5, 5.41) is 0. The number of benzene rings is 5. The topological polar surface area (TPSA) is 39.3 Å². The summed E-state index contributed by atoms with van der Waals surface area (Å²) >= 11 is 0. The fourth-order valence-corrected chi connectivity index (χ4v) is 10.5. The molecule has 3 unspecified atom stereocenters. The van der Waals surface area contributed by atoms with E-state index in [0.717, 1.165) is 22.5 Å². The van der Waals surface area contributed by atoms with Crippen molar-refractivity contribution < 1.29 is 9.53 Å². The third-order valence-electron chi connectivity index (χ3n) is 12.8. The van der Waals surface area contributed by atoms with Gasteiger partial charge in [-0.05, 0) is 93.0 Å². The van der Waals surface area contributed by atoms with Gasteiger partial charge in [-0.2, -0.15) is 0 Å². The van der Waals surface area contributed by atoms with E-state index in [4.69, 9.17) is 4.74 Å². The summed E-state index contributed by atoms with van der Waals surface area (Å²) in [6, 6.07) is 36.1. The average molecular weight is 659 g/mol. The van der Waals surface area contributed by atoms with E-state index >= 15 is 0 Å². The minimum Gasteiger partial charge on any atom is -0.448 e. The van der Waals surface area contributed by atoms with Crippen LogP contribution in [0.2, 0.25) is 0 Å². The van der Waals surface area contributed by atoms with Gasteiger partial charge >= 0.3 is 5.97 Å². The first-order valence-electron chi connectivity index (χ1n) is 17.6. The Hall–Kier alpha value is -5.23. The van der Waals surface area contributed by atoms with Crippen LogP contribution in [0, 0.1) is 0 Å². The van der Waals surface area contributed by atoms with Crippen molar-refractivity contribution in [2.75, 3.05) is 76.0 Å². The van der Waals surface area contributed by atoms with Crippen LogP contribution in [0.1, 0.15) is 72.3 Å². The number of carbonyl (C=O) groups excluding carboxylic acids is 1. The van der Waals surface area contributed by atoms with Gasteiger partial charge in [-0.25, -0.2) is 4.79 Å². The molecule has 4 aliphatic carbocycles. The predicted molar refractivity (Wildman–Crippen MR) is 202 cm³/mol. The maximum absolute atomic E-state index is 14.3. The molecule has 6 nitrogen and oxygen atoms in total. The van der Waals surface area contributed by atoms with Gasteiger partial charge in [0, 0.05) is 96.5 Å². The lowest BCUT2D eigenvalue weighted by atomic mass is 9.56. The quantitative estimate of drug-likeness (QED) is 0.164. The molecule has 3 atom stereocenters. The first kappa shape index (κ1) is 29.7. The van der Waals surface area contributed by atoms with Gasteiger partial charge < -0.3 is 24.3 Å². The monoisotopic (exact) mass is 658 g/mol. The Kier molecular flexibility index (Phi) is 5.52. The molecule has 5 aliphatic rings. The van der Waals surface area contributed by atoms with Crippen molar-refractivity contribution in [3.63, 3.8) is 0 Å². The summed E-state index contributed by atoms with van der Waals surface area (Å²) in [6.45, 7) is 0. The number of esters is 1. The molecule has 0 aromatic heterocycles. The predicted octanol–water partition coefficient (Wildman–Crippen LogP) is 7.21. The Bertz CT molecular complexity index is 2170. The molecule has 0 bridgehead atoms. The second-order valence-corrected chi connectivity index (χ2v) is 15.7. The number of ether oxygens (including phenoxy) is 1. The molecule has 0 amide bonds. The first-order valence-corrected chi connectivity index (χ1v) is 17.6. The zero-order chi connectivity index (χ0) is 34.6. The largest absolute Gasteiger partial charge is 0.448 e. The highest BCUT2D eigenvalue weighted by Gasteiger charge is 2.93. The van der Waals surface area contributed by atoms with Crippen molar-refractivity contribution in [1.82, 2.24) is 0 Å². The first-order chi connectivity index (χ1) is 24.0. The summed E-state index contributed by atoms with van der Waals surface area (Å²) in [4.78, 5) is 22.9. The molecular weight excluding hydrogens is 617 g/mol. The highest BCUT2D eigenvalue weighted by molar-refractivity contribution is 6.09. The number of nitrogens with zero attached hydrogens (tertiary/aromatic N) is 4. The molecule has 50 heavy (non-hydrogen) atoms. The van der Waals surface area contributed by atoms with E-state index in [-0.39, 0.29) is 23.2 Å². The van der Waals surface area contributed by atoms with Gasteiger partial charge in [-0.1, -0.05) is 48.5 Å². The third-order valence-corrected chi connectivity index (χ3v) is 12.8. The summed E-state index contributed by atoms with van der Waals surface area (Å²) in [6.07, 6.45) is 0. The van der Waals surface area contributed by atoms with Crippen LogP contribution in [0.4, 0.5) is 22.7 Å². The number of carbonyl (C=O) groups is 1. The minimum atomic E-state index is -0.690. The molecule has 0 radical (unpaired) electrons. The van der Waals surface area contributed by atoms with Gasteiger partial charge in [0.1, 0.15) is 0 Å². The molecule has 1 saturated carbocycles. The number of hydrogen-bond acceptors (Lipinski definition) is 6. The van der Waals surface area contributed by atoms with E-state index in [1.54, 1.807) is 0 Å². The van der Waals surface area contributed by atoms with Crippen LogP contribution < -0.4 is 19.6 Å². The van der Waals surface area contributed by atoms with Crippen molar-refractivity contribution in [3.8, 4) is 0 Å². The highest BCUT2D eigenvalue weighted by atomic mass is 16.6. The second-order valence-electron chi connectivity index (χ2n) is 15.7. The van der Waals surface area contributed by atoms with Crippen LogP contribution in [0.3, 0.4) is 0 Å². The Balaban J connectivity index is 1.22. The zero-order valence-corrected chi connectivity index (χ0v) is 30.0. The lowest BCUT2D eigenvalue weighted by Crippen LogP contribution is -2.40. The highest BCUT2D eigenvalue weighted by Crippen LogP contribution is 2.92.